The third kappa shape index (κ3) is 3.54. The molecule has 1 atom stereocenters. The minimum atomic E-state index is -4.71. The lowest BCUT2D eigenvalue weighted by Crippen LogP contribution is -2.46. The summed E-state index contributed by atoms with van der Waals surface area (Å²) in [5, 5.41) is 1.73. The summed E-state index contributed by atoms with van der Waals surface area (Å²) >= 11 is 0. The number of carbonyl (C=O) groups is 2. The molecule has 1 heterocycles. The van der Waals surface area contributed by atoms with Gasteiger partial charge in [0.25, 0.3) is 5.91 Å². The standard InChI is InChI=1S/C10H12F6N2O2/c1-8(2,10(14,15)16)4-18-6(19)5(17-7(18)20)3-9(11,12)13/h5H,3-4H2,1-2H3,(H,17,20)/t5-/m1/s1. The molecule has 0 unspecified atom stereocenters. The number of alkyl halides is 6. The molecule has 1 saturated heterocycles. The Morgan fingerprint density at radius 2 is 1.60 bits per heavy atom. The van der Waals surface area contributed by atoms with Crippen molar-refractivity contribution in [1.82, 2.24) is 10.2 Å². The van der Waals surface area contributed by atoms with E-state index in [-0.39, 0.29) is 4.90 Å². The zero-order valence-electron chi connectivity index (χ0n) is 10.5. The molecule has 0 aromatic rings. The average molecular weight is 306 g/mol. The number of carbonyl (C=O) groups excluding carboxylic acids is 2. The summed E-state index contributed by atoms with van der Waals surface area (Å²) in [7, 11) is 0. The van der Waals surface area contributed by atoms with E-state index in [1.54, 1.807) is 5.32 Å². The molecule has 1 aliphatic rings. The maximum atomic E-state index is 12.7. The number of rotatable bonds is 3. The van der Waals surface area contributed by atoms with Gasteiger partial charge in [0.15, 0.2) is 0 Å². The SMILES string of the molecule is CC(C)(CN1C(=O)N[C@H](CC(F)(F)F)C1=O)C(F)(F)F. The molecule has 10 heteroatoms. The van der Waals surface area contributed by atoms with E-state index in [9.17, 15) is 35.9 Å². The second kappa shape index (κ2) is 4.81. The molecule has 1 fully saturated rings. The van der Waals surface area contributed by atoms with Crippen molar-refractivity contribution >= 4 is 11.9 Å². The van der Waals surface area contributed by atoms with E-state index in [0.29, 0.717) is 0 Å². The van der Waals surface area contributed by atoms with Gasteiger partial charge < -0.3 is 5.32 Å². The van der Waals surface area contributed by atoms with Crippen LogP contribution < -0.4 is 5.32 Å². The van der Waals surface area contributed by atoms with Gasteiger partial charge >= 0.3 is 18.4 Å². The Bertz CT molecular complexity index is 415. The Hall–Kier alpha value is -1.48. The third-order valence-corrected chi connectivity index (χ3v) is 2.86. The Morgan fingerprint density at radius 1 is 1.10 bits per heavy atom. The first-order chi connectivity index (χ1) is 8.74. The molecule has 0 aliphatic carbocycles. The number of hydrogen-bond donors (Lipinski definition) is 1. The zero-order chi connectivity index (χ0) is 15.9. The van der Waals surface area contributed by atoms with Crippen molar-refractivity contribution in [3.8, 4) is 0 Å². The van der Waals surface area contributed by atoms with E-state index in [1.165, 1.54) is 0 Å². The molecular formula is C10H12F6N2O2. The Labute approximate surface area is 110 Å². The minimum Gasteiger partial charge on any atom is -0.325 e. The number of hydrogen-bond acceptors (Lipinski definition) is 2. The largest absolute Gasteiger partial charge is 0.395 e. The molecule has 1 aliphatic heterocycles. The number of urea groups is 1. The molecule has 1 rings (SSSR count). The molecule has 20 heavy (non-hydrogen) atoms. The molecule has 3 amide bonds. The normalized spacial score (nSPS) is 21.4. The molecule has 0 radical (unpaired) electrons. The molecule has 116 valence electrons. The molecule has 0 spiro atoms. The van der Waals surface area contributed by atoms with E-state index in [0.717, 1.165) is 13.8 Å². The molecule has 0 aromatic heterocycles. The van der Waals surface area contributed by atoms with Gasteiger partial charge in [-0.15, -0.1) is 0 Å². The highest BCUT2D eigenvalue weighted by Gasteiger charge is 2.52. The van der Waals surface area contributed by atoms with Crippen molar-refractivity contribution in [3.63, 3.8) is 0 Å². The summed E-state index contributed by atoms with van der Waals surface area (Å²) < 4.78 is 74.5. The summed E-state index contributed by atoms with van der Waals surface area (Å²) in [6.07, 6.45) is -11.0. The van der Waals surface area contributed by atoms with Crippen LogP contribution in [0, 0.1) is 5.41 Å². The minimum absolute atomic E-state index is 0.171. The topological polar surface area (TPSA) is 49.4 Å². The van der Waals surface area contributed by atoms with Crippen molar-refractivity contribution in [3.05, 3.63) is 0 Å². The summed E-state index contributed by atoms with van der Waals surface area (Å²) in [5.41, 5.74) is -2.41. The van der Waals surface area contributed by atoms with Crippen LogP contribution in [0.3, 0.4) is 0 Å². The lowest BCUT2D eigenvalue weighted by molar-refractivity contribution is -0.214. The van der Waals surface area contributed by atoms with Gasteiger partial charge in [-0.25, -0.2) is 4.79 Å². The van der Waals surface area contributed by atoms with Crippen molar-refractivity contribution in [2.75, 3.05) is 6.54 Å². The van der Waals surface area contributed by atoms with Crippen molar-refractivity contribution in [2.45, 2.75) is 38.7 Å². The fourth-order valence-corrected chi connectivity index (χ4v) is 1.58. The monoisotopic (exact) mass is 306 g/mol. The van der Waals surface area contributed by atoms with E-state index in [1.807, 2.05) is 0 Å². The van der Waals surface area contributed by atoms with Crippen molar-refractivity contribution in [1.29, 1.82) is 0 Å². The van der Waals surface area contributed by atoms with Gasteiger partial charge in [0.1, 0.15) is 6.04 Å². The van der Waals surface area contributed by atoms with Crippen LogP contribution in [0.15, 0.2) is 0 Å². The van der Waals surface area contributed by atoms with Crippen LogP contribution in [0.4, 0.5) is 31.1 Å². The van der Waals surface area contributed by atoms with Gasteiger partial charge in [-0.3, -0.25) is 9.69 Å². The highest BCUT2D eigenvalue weighted by molar-refractivity contribution is 6.04. The zero-order valence-corrected chi connectivity index (χ0v) is 10.5. The number of amides is 3. The van der Waals surface area contributed by atoms with E-state index in [4.69, 9.17) is 0 Å². The highest BCUT2D eigenvalue weighted by atomic mass is 19.4. The van der Waals surface area contributed by atoms with E-state index < -0.39 is 48.7 Å². The Morgan fingerprint density at radius 3 is 2.00 bits per heavy atom. The number of imide groups is 1. The fourth-order valence-electron chi connectivity index (χ4n) is 1.58. The van der Waals surface area contributed by atoms with Gasteiger partial charge in [0.05, 0.1) is 11.8 Å². The smallest absolute Gasteiger partial charge is 0.325 e. The first-order valence-electron chi connectivity index (χ1n) is 5.50. The first kappa shape index (κ1) is 16.6. The number of halogens is 6. The van der Waals surface area contributed by atoms with Gasteiger partial charge in [0.2, 0.25) is 0 Å². The van der Waals surface area contributed by atoms with Crippen LogP contribution >= 0.6 is 0 Å². The molecular weight excluding hydrogens is 294 g/mol. The van der Waals surface area contributed by atoms with E-state index >= 15 is 0 Å². The predicted molar refractivity (Wildman–Crippen MR) is 54.5 cm³/mol. The fraction of sp³-hybridized carbons (Fsp3) is 0.800. The van der Waals surface area contributed by atoms with Gasteiger partial charge in [-0.2, -0.15) is 26.3 Å². The predicted octanol–water partition coefficient (Wildman–Crippen LogP) is 2.45. The van der Waals surface area contributed by atoms with Crippen LogP contribution in [0.2, 0.25) is 0 Å². The lowest BCUT2D eigenvalue weighted by Gasteiger charge is -2.30. The maximum absolute atomic E-state index is 12.7. The lowest BCUT2D eigenvalue weighted by atomic mass is 9.92. The second-order valence-electron chi connectivity index (χ2n) is 5.13. The van der Waals surface area contributed by atoms with Gasteiger partial charge in [-0.1, -0.05) is 0 Å². The average Bonchev–Trinajstić information content (AvgIpc) is 2.41. The van der Waals surface area contributed by atoms with Gasteiger partial charge in [-0.05, 0) is 13.8 Å². The number of nitrogens with one attached hydrogen (secondary N) is 1. The summed E-state index contributed by atoms with van der Waals surface area (Å²) in [4.78, 5) is 23.1. The number of nitrogens with zero attached hydrogens (tertiary/aromatic N) is 1. The molecule has 0 bridgehead atoms. The summed E-state index contributed by atoms with van der Waals surface area (Å²) in [6.45, 7) is 0.477. The first-order valence-corrected chi connectivity index (χ1v) is 5.50. The second-order valence-corrected chi connectivity index (χ2v) is 5.13. The molecule has 1 N–H and O–H groups in total. The summed E-state index contributed by atoms with van der Waals surface area (Å²) in [6, 6.07) is -3.12. The molecule has 0 saturated carbocycles. The van der Waals surface area contributed by atoms with E-state index in [2.05, 4.69) is 0 Å². The van der Waals surface area contributed by atoms with Crippen LogP contribution in [-0.2, 0) is 4.79 Å². The van der Waals surface area contributed by atoms with Crippen LogP contribution in [0.1, 0.15) is 20.3 Å². The van der Waals surface area contributed by atoms with Crippen LogP contribution in [0.25, 0.3) is 0 Å². The molecule has 0 aromatic carbocycles. The van der Waals surface area contributed by atoms with Crippen LogP contribution in [-0.4, -0.2) is 41.8 Å². The molecule has 4 nitrogen and oxygen atoms in total. The highest BCUT2D eigenvalue weighted by Crippen LogP contribution is 2.38. The third-order valence-electron chi connectivity index (χ3n) is 2.86. The van der Waals surface area contributed by atoms with Gasteiger partial charge in [0, 0.05) is 6.54 Å². The Kier molecular flexibility index (Phi) is 3.99. The maximum Gasteiger partial charge on any atom is 0.395 e. The van der Waals surface area contributed by atoms with Crippen molar-refractivity contribution in [2.24, 2.45) is 5.41 Å². The van der Waals surface area contributed by atoms with Crippen LogP contribution in [0.5, 0.6) is 0 Å². The van der Waals surface area contributed by atoms with Crippen molar-refractivity contribution < 1.29 is 35.9 Å². The summed E-state index contributed by atoms with van der Waals surface area (Å²) in [5.74, 6) is -1.30. The Balaban J connectivity index is 2.84. The quantitative estimate of drug-likeness (QED) is 0.643.